The molecule has 0 saturated carbocycles. The summed E-state index contributed by atoms with van der Waals surface area (Å²) in [5, 5.41) is 8.55. The Morgan fingerprint density at radius 3 is 3.14 bits per heavy atom. The first-order chi connectivity index (χ1) is 6.81. The summed E-state index contributed by atoms with van der Waals surface area (Å²) in [7, 11) is 0. The van der Waals surface area contributed by atoms with Crippen LogP contribution >= 0.6 is 0 Å². The minimum atomic E-state index is -0.307. The molecule has 0 fully saturated rings. The van der Waals surface area contributed by atoms with Gasteiger partial charge in [0.05, 0.1) is 12.7 Å². The zero-order chi connectivity index (χ0) is 9.97. The Balaban J connectivity index is 2.53. The van der Waals surface area contributed by atoms with Crippen LogP contribution in [0.4, 0.5) is 4.39 Å². The van der Waals surface area contributed by atoms with Crippen molar-refractivity contribution in [1.82, 2.24) is 0 Å². The number of ether oxygens (including phenoxy) is 1. The second-order valence-electron chi connectivity index (χ2n) is 3.04. The van der Waals surface area contributed by atoms with Gasteiger partial charge in [0.15, 0.2) is 0 Å². The van der Waals surface area contributed by atoms with Crippen LogP contribution in [-0.4, -0.2) is 6.61 Å². The van der Waals surface area contributed by atoms with E-state index in [0.717, 1.165) is 5.57 Å². The third-order valence-electron chi connectivity index (χ3n) is 2.16. The van der Waals surface area contributed by atoms with Gasteiger partial charge in [0.1, 0.15) is 11.6 Å². The summed E-state index contributed by atoms with van der Waals surface area (Å²) in [6, 6.07) is 6.31. The maximum absolute atomic E-state index is 12.9. The molecule has 0 radical (unpaired) electrons. The van der Waals surface area contributed by atoms with Crippen molar-refractivity contribution in [3.63, 3.8) is 0 Å². The fraction of sp³-hybridized carbons (Fsp3) is 0.182. The lowest BCUT2D eigenvalue weighted by Gasteiger charge is -2.19. The number of hydrogen-bond acceptors (Lipinski definition) is 2. The third kappa shape index (κ3) is 1.47. The van der Waals surface area contributed by atoms with Crippen molar-refractivity contribution in [2.75, 3.05) is 6.61 Å². The van der Waals surface area contributed by atoms with E-state index in [9.17, 15) is 4.39 Å². The van der Waals surface area contributed by atoms with Crippen LogP contribution in [-0.2, 0) is 0 Å². The Labute approximate surface area is 81.2 Å². The number of fused-ring (bicyclic) bond motifs is 1. The molecule has 3 heteroatoms. The summed E-state index contributed by atoms with van der Waals surface area (Å²) < 4.78 is 18.3. The molecule has 2 rings (SSSR count). The summed E-state index contributed by atoms with van der Waals surface area (Å²) in [6.45, 7) is 0.548. The van der Waals surface area contributed by atoms with Gasteiger partial charge in [0, 0.05) is 18.1 Å². The van der Waals surface area contributed by atoms with Crippen molar-refractivity contribution in [2.24, 2.45) is 0 Å². The molecular weight excluding hydrogens is 181 g/mol. The minimum absolute atomic E-state index is 0.307. The lowest BCUT2D eigenvalue weighted by atomic mass is 9.99. The summed E-state index contributed by atoms with van der Waals surface area (Å²) in [4.78, 5) is 0. The maximum Gasteiger partial charge on any atom is 0.127 e. The van der Waals surface area contributed by atoms with Gasteiger partial charge in [-0.1, -0.05) is 0 Å². The van der Waals surface area contributed by atoms with E-state index in [1.54, 1.807) is 6.07 Å². The van der Waals surface area contributed by atoms with Gasteiger partial charge < -0.3 is 4.74 Å². The van der Waals surface area contributed by atoms with Crippen LogP contribution in [0.2, 0.25) is 0 Å². The zero-order valence-corrected chi connectivity index (χ0v) is 7.46. The highest BCUT2D eigenvalue weighted by atomic mass is 19.1. The number of rotatable bonds is 0. The van der Waals surface area contributed by atoms with Crippen LogP contribution in [0.25, 0.3) is 5.57 Å². The molecule has 0 N–H and O–H groups in total. The first-order valence-electron chi connectivity index (χ1n) is 4.32. The van der Waals surface area contributed by atoms with Crippen molar-refractivity contribution in [2.45, 2.75) is 6.42 Å². The Bertz CT molecular complexity index is 431. The molecule has 0 bridgehead atoms. The van der Waals surface area contributed by atoms with Gasteiger partial charge in [0.2, 0.25) is 0 Å². The Morgan fingerprint density at radius 1 is 1.50 bits per heavy atom. The Kier molecular flexibility index (Phi) is 2.19. The van der Waals surface area contributed by atoms with Crippen molar-refractivity contribution >= 4 is 5.57 Å². The molecule has 0 unspecified atom stereocenters. The molecule has 0 aliphatic carbocycles. The summed E-state index contributed by atoms with van der Waals surface area (Å²) in [5.74, 6) is 0.345. The van der Waals surface area contributed by atoms with Crippen molar-refractivity contribution < 1.29 is 9.13 Å². The molecule has 70 valence electrons. The monoisotopic (exact) mass is 189 g/mol. The molecule has 0 aromatic heterocycles. The Morgan fingerprint density at radius 2 is 2.36 bits per heavy atom. The maximum atomic E-state index is 12.9. The summed E-state index contributed by atoms with van der Waals surface area (Å²) in [5.41, 5.74) is 1.53. The fourth-order valence-electron chi connectivity index (χ4n) is 1.51. The van der Waals surface area contributed by atoms with E-state index < -0.39 is 0 Å². The SMILES string of the molecule is N#CC=C1CCOc2ccc(F)cc21. The average molecular weight is 189 g/mol. The molecule has 2 nitrogen and oxygen atoms in total. The molecule has 1 aromatic carbocycles. The molecule has 1 aliphatic heterocycles. The van der Waals surface area contributed by atoms with Crippen LogP contribution in [0.3, 0.4) is 0 Å². The number of nitriles is 1. The van der Waals surface area contributed by atoms with E-state index in [1.807, 2.05) is 6.07 Å². The van der Waals surface area contributed by atoms with Crippen LogP contribution in [0, 0.1) is 17.1 Å². The van der Waals surface area contributed by atoms with Gasteiger partial charge >= 0.3 is 0 Å². The van der Waals surface area contributed by atoms with E-state index >= 15 is 0 Å². The average Bonchev–Trinajstić information content (AvgIpc) is 2.19. The number of halogens is 1. The second kappa shape index (κ2) is 3.51. The normalized spacial score (nSPS) is 17.0. The van der Waals surface area contributed by atoms with Crippen LogP contribution in [0.1, 0.15) is 12.0 Å². The molecule has 1 aromatic rings. The number of benzene rings is 1. The summed E-state index contributed by atoms with van der Waals surface area (Å²) >= 11 is 0. The van der Waals surface area contributed by atoms with Crippen LogP contribution in [0.5, 0.6) is 5.75 Å². The van der Waals surface area contributed by atoms with Crippen molar-refractivity contribution in [3.05, 3.63) is 35.7 Å². The highest BCUT2D eigenvalue weighted by Gasteiger charge is 2.15. The van der Waals surface area contributed by atoms with E-state index in [0.29, 0.717) is 24.3 Å². The van der Waals surface area contributed by atoms with Gasteiger partial charge in [-0.15, -0.1) is 0 Å². The van der Waals surface area contributed by atoms with Gasteiger partial charge in [-0.3, -0.25) is 0 Å². The molecular formula is C11H8FNO. The van der Waals surface area contributed by atoms with Crippen LogP contribution in [0.15, 0.2) is 24.3 Å². The standard InChI is InChI=1S/C11H8FNO/c12-9-1-2-11-10(7-9)8(3-5-13)4-6-14-11/h1-3,7H,4,6H2. The molecule has 0 atom stereocenters. The number of allylic oxidation sites excluding steroid dienone is 1. The largest absolute Gasteiger partial charge is 0.493 e. The van der Waals surface area contributed by atoms with E-state index in [1.165, 1.54) is 18.2 Å². The molecule has 14 heavy (non-hydrogen) atoms. The van der Waals surface area contributed by atoms with Crippen molar-refractivity contribution in [1.29, 1.82) is 5.26 Å². The highest BCUT2D eigenvalue weighted by molar-refractivity contribution is 5.73. The third-order valence-corrected chi connectivity index (χ3v) is 2.16. The highest BCUT2D eigenvalue weighted by Crippen LogP contribution is 2.32. The molecule has 1 aliphatic rings. The topological polar surface area (TPSA) is 33.0 Å². The zero-order valence-electron chi connectivity index (χ0n) is 7.46. The van der Waals surface area contributed by atoms with E-state index in [4.69, 9.17) is 10.00 Å². The molecule has 1 heterocycles. The number of nitrogens with zero attached hydrogens (tertiary/aromatic N) is 1. The lowest BCUT2D eigenvalue weighted by molar-refractivity contribution is 0.316. The molecule has 0 spiro atoms. The lowest BCUT2D eigenvalue weighted by Crippen LogP contribution is -2.07. The van der Waals surface area contributed by atoms with E-state index in [2.05, 4.69) is 0 Å². The quantitative estimate of drug-likeness (QED) is 0.587. The van der Waals surface area contributed by atoms with Gasteiger partial charge in [0.25, 0.3) is 0 Å². The first kappa shape index (κ1) is 8.76. The number of hydrogen-bond donors (Lipinski definition) is 0. The molecule has 0 amide bonds. The molecule has 0 saturated heterocycles. The minimum Gasteiger partial charge on any atom is -0.493 e. The predicted molar refractivity (Wildman–Crippen MR) is 50.1 cm³/mol. The second-order valence-corrected chi connectivity index (χ2v) is 3.04. The van der Waals surface area contributed by atoms with Crippen LogP contribution < -0.4 is 4.74 Å². The van der Waals surface area contributed by atoms with Gasteiger partial charge in [-0.2, -0.15) is 5.26 Å². The van der Waals surface area contributed by atoms with Gasteiger partial charge in [-0.05, 0) is 23.8 Å². The smallest absolute Gasteiger partial charge is 0.127 e. The van der Waals surface area contributed by atoms with Crippen molar-refractivity contribution in [3.8, 4) is 11.8 Å². The van der Waals surface area contributed by atoms with Gasteiger partial charge in [-0.25, -0.2) is 4.39 Å². The van der Waals surface area contributed by atoms with E-state index in [-0.39, 0.29) is 5.82 Å². The fourth-order valence-corrected chi connectivity index (χ4v) is 1.51. The predicted octanol–water partition coefficient (Wildman–Crippen LogP) is 2.52. The summed E-state index contributed by atoms with van der Waals surface area (Å²) in [6.07, 6.45) is 2.10. The Hall–Kier alpha value is -1.82. The first-order valence-corrected chi connectivity index (χ1v) is 4.32.